The van der Waals surface area contributed by atoms with E-state index in [-0.39, 0.29) is 6.54 Å². The lowest BCUT2D eigenvalue weighted by molar-refractivity contribution is 0.0664. The molecule has 2 aromatic rings. The van der Waals surface area contributed by atoms with E-state index in [1.54, 1.807) is 43.3 Å². The van der Waals surface area contributed by atoms with Gasteiger partial charge in [-0.05, 0) is 36.8 Å². The van der Waals surface area contributed by atoms with Gasteiger partial charge >= 0.3 is 0 Å². The van der Waals surface area contributed by atoms with Gasteiger partial charge in [0.15, 0.2) is 0 Å². The number of carbonyl (C=O) groups excluding carboxylic acids is 2. The van der Waals surface area contributed by atoms with Crippen LogP contribution in [0.25, 0.3) is 0 Å². The molecule has 2 amide bonds. The largest absolute Gasteiger partial charge is 0.283 e. The summed E-state index contributed by atoms with van der Waals surface area (Å²) in [6, 6.07) is 11.3. The van der Waals surface area contributed by atoms with Crippen LogP contribution in [-0.4, -0.2) is 37.4 Å². The molecule has 0 fully saturated rings. The fourth-order valence-corrected chi connectivity index (χ4v) is 3.83. The van der Waals surface area contributed by atoms with Gasteiger partial charge < -0.3 is 0 Å². The lowest BCUT2D eigenvalue weighted by Crippen LogP contribution is -2.35. The third-order valence-corrected chi connectivity index (χ3v) is 5.41. The number of benzene rings is 2. The number of rotatable bonds is 5. The minimum absolute atomic E-state index is 0.221. The molecule has 1 N–H and O–H groups in total. The Bertz CT molecular complexity index is 937. The summed E-state index contributed by atoms with van der Waals surface area (Å²) < 4.78 is 27.0. The molecule has 3 rings (SSSR count). The number of hydrogen-bond donors (Lipinski definition) is 1. The zero-order valence-corrected chi connectivity index (χ0v) is 14.9. The normalized spacial score (nSPS) is 13.9. The summed E-state index contributed by atoms with van der Waals surface area (Å²) in [6.07, 6.45) is 0. The first kappa shape index (κ1) is 17.4. The molecule has 0 saturated heterocycles. The third kappa shape index (κ3) is 3.52. The number of fused-ring (bicyclic) bond motifs is 1. The number of aryl methyl sites for hydroxylation is 1. The van der Waals surface area contributed by atoms with E-state index in [1.165, 1.54) is 6.07 Å². The number of imide groups is 1. The Labute approximate surface area is 150 Å². The molecule has 0 unspecified atom stereocenters. The molecule has 2 aromatic carbocycles. The maximum absolute atomic E-state index is 12.3. The lowest BCUT2D eigenvalue weighted by Gasteiger charge is -2.15. The number of nitrogens with zero attached hydrogens (tertiary/aromatic N) is 1. The number of anilines is 1. The van der Waals surface area contributed by atoms with Crippen molar-refractivity contribution in [2.24, 2.45) is 0 Å². The first-order chi connectivity index (χ1) is 11.8. The first-order valence-electron chi connectivity index (χ1n) is 7.50. The van der Waals surface area contributed by atoms with Crippen LogP contribution in [-0.2, 0) is 10.0 Å². The van der Waals surface area contributed by atoms with E-state index in [0.29, 0.717) is 27.4 Å². The smallest absolute Gasteiger partial charge is 0.261 e. The Hall–Kier alpha value is -2.38. The van der Waals surface area contributed by atoms with Gasteiger partial charge in [0, 0.05) is 11.6 Å². The first-order valence-corrected chi connectivity index (χ1v) is 9.53. The summed E-state index contributed by atoms with van der Waals surface area (Å²) in [4.78, 5) is 25.5. The van der Waals surface area contributed by atoms with Gasteiger partial charge in [0.25, 0.3) is 11.8 Å². The van der Waals surface area contributed by atoms with Crippen molar-refractivity contribution < 1.29 is 18.0 Å². The maximum Gasteiger partial charge on any atom is 0.261 e. The Kier molecular flexibility index (Phi) is 4.53. The molecule has 1 heterocycles. The minimum Gasteiger partial charge on any atom is -0.283 e. The fourth-order valence-electron chi connectivity index (χ4n) is 2.58. The summed E-state index contributed by atoms with van der Waals surface area (Å²) in [5.41, 5.74) is 1.68. The molecular formula is C17H15ClN2O4S. The van der Waals surface area contributed by atoms with Crippen molar-refractivity contribution >= 4 is 39.1 Å². The van der Waals surface area contributed by atoms with Crippen LogP contribution in [0, 0.1) is 6.92 Å². The van der Waals surface area contributed by atoms with Gasteiger partial charge in [0.05, 0.1) is 22.6 Å². The van der Waals surface area contributed by atoms with E-state index < -0.39 is 27.6 Å². The molecule has 0 radical (unpaired) electrons. The Morgan fingerprint density at radius 2 is 1.64 bits per heavy atom. The van der Waals surface area contributed by atoms with Gasteiger partial charge in [0.2, 0.25) is 10.0 Å². The van der Waals surface area contributed by atoms with E-state index >= 15 is 0 Å². The van der Waals surface area contributed by atoms with Gasteiger partial charge in [-0.15, -0.1) is 0 Å². The molecule has 0 aliphatic carbocycles. The highest BCUT2D eigenvalue weighted by molar-refractivity contribution is 7.92. The summed E-state index contributed by atoms with van der Waals surface area (Å²) in [5, 5.41) is 0.406. The van der Waals surface area contributed by atoms with Gasteiger partial charge in [-0.2, -0.15) is 0 Å². The van der Waals surface area contributed by atoms with Gasteiger partial charge in [-0.25, -0.2) is 8.42 Å². The average Bonchev–Trinajstić information content (AvgIpc) is 2.81. The topological polar surface area (TPSA) is 83.6 Å². The van der Waals surface area contributed by atoms with E-state index in [4.69, 9.17) is 11.6 Å². The van der Waals surface area contributed by atoms with Crippen LogP contribution in [0.1, 0.15) is 26.3 Å². The van der Waals surface area contributed by atoms with Crippen LogP contribution in [0.15, 0.2) is 42.5 Å². The van der Waals surface area contributed by atoms with Crippen LogP contribution in [0.5, 0.6) is 0 Å². The predicted octanol–water partition coefficient (Wildman–Crippen LogP) is 2.69. The van der Waals surface area contributed by atoms with Gasteiger partial charge in [-0.3, -0.25) is 19.2 Å². The van der Waals surface area contributed by atoms with Crippen molar-refractivity contribution in [1.29, 1.82) is 0 Å². The fraction of sp³-hybridized carbons (Fsp3) is 0.176. The second-order valence-corrected chi connectivity index (χ2v) is 7.97. The summed E-state index contributed by atoms with van der Waals surface area (Å²) in [6.45, 7) is 1.53. The standard InChI is InChI=1S/C17H15ClN2O4S/c1-11-6-7-12(18)10-15(11)19-25(23,24)9-8-20-16(21)13-4-2-3-5-14(13)17(20)22/h2-7,10,19H,8-9H2,1H3. The highest BCUT2D eigenvalue weighted by atomic mass is 35.5. The number of nitrogens with one attached hydrogen (secondary N) is 1. The third-order valence-electron chi connectivity index (χ3n) is 3.93. The molecule has 25 heavy (non-hydrogen) atoms. The minimum atomic E-state index is -3.75. The summed E-state index contributed by atoms with van der Waals surface area (Å²) in [7, 11) is -3.75. The number of halogens is 1. The second-order valence-electron chi connectivity index (χ2n) is 5.69. The van der Waals surface area contributed by atoms with E-state index in [9.17, 15) is 18.0 Å². The number of sulfonamides is 1. The molecule has 8 heteroatoms. The maximum atomic E-state index is 12.3. The van der Waals surface area contributed by atoms with Crippen LogP contribution in [0.3, 0.4) is 0 Å². The molecule has 130 valence electrons. The number of amides is 2. The molecule has 0 spiro atoms. The lowest BCUT2D eigenvalue weighted by atomic mass is 10.1. The zero-order chi connectivity index (χ0) is 18.2. The van der Waals surface area contributed by atoms with Crippen LogP contribution in [0.4, 0.5) is 5.69 Å². The Morgan fingerprint density at radius 3 is 2.24 bits per heavy atom. The quantitative estimate of drug-likeness (QED) is 0.811. The molecule has 1 aliphatic heterocycles. The van der Waals surface area contributed by atoms with Gasteiger partial charge in [0.1, 0.15) is 0 Å². The van der Waals surface area contributed by atoms with Crippen LogP contribution < -0.4 is 4.72 Å². The molecular weight excluding hydrogens is 364 g/mol. The Balaban J connectivity index is 1.72. The highest BCUT2D eigenvalue weighted by Crippen LogP contribution is 2.23. The highest BCUT2D eigenvalue weighted by Gasteiger charge is 2.35. The number of hydrogen-bond acceptors (Lipinski definition) is 4. The zero-order valence-electron chi connectivity index (χ0n) is 13.3. The van der Waals surface area contributed by atoms with Gasteiger partial charge in [-0.1, -0.05) is 29.8 Å². The van der Waals surface area contributed by atoms with Crippen molar-refractivity contribution in [2.75, 3.05) is 17.0 Å². The molecule has 0 aromatic heterocycles. The number of carbonyl (C=O) groups is 2. The second kappa shape index (κ2) is 6.50. The van der Waals surface area contributed by atoms with E-state index in [0.717, 1.165) is 4.90 Å². The van der Waals surface area contributed by atoms with E-state index in [1.807, 2.05) is 0 Å². The van der Waals surface area contributed by atoms with Crippen molar-refractivity contribution in [1.82, 2.24) is 4.90 Å². The van der Waals surface area contributed by atoms with Crippen LogP contribution >= 0.6 is 11.6 Å². The van der Waals surface area contributed by atoms with Crippen molar-refractivity contribution in [3.05, 3.63) is 64.2 Å². The van der Waals surface area contributed by atoms with Crippen molar-refractivity contribution in [3.8, 4) is 0 Å². The average molecular weight is 379 g/mol. The van der Waals surface area contributed by atoms with Crippen molar-refractivity contribution in [2.45, 2.75) is 6.92 Å². The van der Waals surface area contributed by atoms with Crippen LogP contribution in [0.2, 0.25) is 5.02 Å². The molecule has 0 bridgehead atoms. The summed E-state index contributed by atoms with van der Waals surface area (Å²) >= 11 is 5.88. The molecule has 6 nitrogen and oxygen atoms in total. The van der Waals surface area contributed by atoms with Crippen molar-refractivity contribution in [3.63, 3.8) is 0 Å². The van der Waals surface area contributed by atoms with E-state index in [2.05, 4.69) is 4.72 Å². The summed E-state index contributed by atoms with van der Waals surface area (Å²) in [5.74, 6) is -1.35. The SMILES string of the molecule is Cc1ccc(Cl)cc1NS(=O)(=O)CCN1C(=O)c2ccccc2C1=O. The predicted molar refractivity (Wildman–Crippen MR) is 95.4 cm³/mol. The molecule has 0 atom stereocenters. The monoisotopic (exact) mass is 378 g/mol. The molecule has 0 saturated carbocycles. The Morgan fingerprint density at radius 1 is 1.04 bits per heavy atom. The molecule has 1 aliphatic rings.